The van der Waals surface area contributed by atoms with Crippen LogP contribution >= 0.6 is 27.5 Å². The summed E-state index contributed by atoms with van der Waals surface area (Å²) in [6, 6.07) is 11.1. The van der Waals surface area contributed by atoms with Crippen LogP contribution < -0.4 is 4.74 Å². The summed E-state index contributed by atoms with van der Waals surface area (Å²) in [5, 5.41) is 9.70. The second-order valence-electron chi connectivity index (χ2n) is 3.89. The van der Waals surface area contributed by atoms with Gasteiger partial charge in [-0.25, -0.2) is 0 Å². The Morgan fingerprint density at radius 3 is 2.80 bits per heavy atom. The standard InChI is InChI=1S/C15H10BrClN2O/c1-20-14-7-11(16)4-5-12(14)15(17)13(8-18)10-3-2-6-19-9-10/h2-7,9H,1H3/b15-13+. The molecule has 0 N–H and O–H groups in total. The molecule has 0 fully saturated rings. The zero-order valence-corrected chi connectivity index (χ0v) is 12.9. The Hall–Kier alpha value is -1.83. The lowest BCUT2D eigenvalue weighted by molar-refractivity contribution is 0.413. The first-order chi connectivity index (χ1) is 9.67. The molecule has 0 radical (unpaired) electrons. The number of nitriles is 1. The quantitative estimate of drug-likeness (QED) is 0.767. The predicted octanol–water partition coefficient (Wildman–Crippen LogP) is 4.48. The van der Waals surface area contributed by atoms with Crippen LogP contribution in [0.5, 0.6) is 5.75 Å². The van der Waals surface area contributed by atoms with Gasteiger partial charge in [0.25, 0.3) is 0 Å². The fraction of sp³-hybridized carbons (Fsp3) is 0.0667. The fourth-order valence-electron chi connectivity index (χ4n) is 1.73. The van der Waals surface area contributed by atoms with Gasteiger partial charge in [-0.3, -0.25) is 4.98 Å². The van der Waals surface area contributed by atoms with Crippen molar-refractivity contribution >= 4 is 38.1 Å². The summed E-state index contributed by atoms with van der Waals surface area (Å²) in [7, 11) is 1.56. The third kappa shape index (κ3) is 3.01. The Morgan fingerprint density at radius 1 is 1.40 bits per heavy atom. The van der Waals surface area contributed by atoms with Crippen molar-refractivity contribution in [3.63, 3.8) is 0 Å². The van der Waals surface area contributed by atoms with Crippen LogP contribution in [0.15, 0.2) is 47.2 Å². The summed E-state index contributed by atoms with van der Waals surface area (Å²) in [6.07, 6.45) is 3.25. The second kappa shape index (κ2) is 6.56. The summed E-state index contributed by atoms with van der Waals surface area (Å²) in [5.41, 5.74) is 1.70. The maximum atomic E-state index is 9.36. The Kier molecular flexibility index (Phi) is 4.78. The van der Waals surface area contributed by atoms with Crippen molar-refractivity contribution in [2.45, 2.75) is 0 Å². The number of ether oxygens (including phenoxy) is 1. The molecule has 2 rings (SSSR count). The van der Waals surface area contributed by atoms with Gasteiger partial charge in [-0.05, 0) is 24.3 Å². The zero-order chi connectivity index (χ0) is 14.5. The Bertz CT molecular complexity index is 693. The number of allylic oxidation sites excluding steroid dienone is 1. The van der Waals surface area contributed by atoms with E-state index in [9.17, 15) is 5.26 Å². The Labute approximate surface area is 130 Å². The average Bonchev–Trinajstić information content (AvgIpc) is 2.48. The molecule has 0 aliphatic carbocycles. The number of rotatable bonds is 3. The summed E-state index contributed by atoms with van der Waals surface area (Å²) < 4.78 is 6.18. The average molecular weight is 350 g/mol. The molecule has 5 heteroatoms. The summed E-state index contributed by atoms with van der Waals surface area (Å²) in [5.74, 6) is 0.598. The molecular formula is C15H10BrClN2O. The normalized spacial score (nSPS) is 11.5. The predicted molar refractivity (Wildman–Crippen MR) is 83.2 cm³/mol. The summed E-state index contributed by atoms with van der Waals surface area (Å²) >= 11 is 9.75. The minimum atomic E-state index is 0.338. The molecule has 1 heterocycles. The van der Waals surface area contributed by atoms with E-state index in [-0.39, 0.29) is 0 Å². The van der Waals surface area contributed by atoms with Crippen molar-refractivity contribution in [1.29, 1.82) is 5.26 Å². The van der Waals surface area contributed by atoms with Crippen molar-refractivity contribution < 1.29 is 4.74 Å². The molecule has 2 aromatic rings. The van der Waals surface area contributed by atoms with Gasteiger partial charge in [0.05, 0.1) is 17.7 Å². The van der Waals surface area contributed by atoms with E-state index in [1.165, 1.54) is 0 Å². The van der Waals surface area contributed by atoms with E-state index in [0.717, 1.165) is 4.47 Å². The third-order valence-corrected chi connectivity index (χ3v) is 3.57. The van der Waals surface area contributed by atoms with Crippen LogP contribution in [-0.4, -0.2) is 12.1 Å². The molecule has 1 aromatic heterocycles. The number of aromatic nitrogens is 1. The number of nitrogens with zero attached hydrogens (tertiary/aromatic N) is 2. The van der Waals surface area contributed by atoms with Gasteiger partial charge in [0.15, 0.2) is 0 Å². The first kappa shape index (κ1) is 14.6. The number of hydrogen-bond donors (Lipinski definition) is 0. The number of benzene rings is 1. The number of hydrogen-bond acceptors (Lipinski definition) is 3. The lowest BCUT2D eigenvalue weighted by Gasteiger charge is -2.10. The number of halogens is 2. The molecular weight excluding hydrogens is 340 g/mol. The van der Waals surface area contributed by atoms with Crippen molar-refractivity contribution in [2.75, 3.05) is 7.11 Å². The minimum absolute atomic E-state index is 0.338. The fourth-order valence-corrected chi connectivity index (χ4v) is 2.38. The van der Waals surface area contributed by atoms with E-state index in [1.807, 2.05) is 6.07 Å². The lowest BCUT2D eigenvalue weighted by Crippen LogP contribution is -1.92. The van der Waals surface area contributed by atoms with Crippen molar-refractivity contribution in [3.05, 3.63) is 58.3 Å². The molecule has 0 amide bonds. The maximum Gasteiger partial charge on any atom is 0.128 e. The molecule has 0 atom stereocenters. The van der Waals surface area contributed by atoms with E-state index in [0.29, 0.717) is 27.5 Å². The van der Waals surface area contributed by atoms with E-state index >= 15 is 0 Å². The van der Waals surface area contributed by atoms with Crippen molar-refractivity contribution in [2.24, 2.45) is 0 Å². The van der Waals surface area contributed by atoms with Gasteiger partial charge in [-0.2, -0.15) is 5.26 Å². The monoisotopic (exact) mass is 348 g/mol. The smallest absolute Gasteiger partial charge is 0.128 e. The topological polar surface area (TPSA) is 45.9 Å². The summed E-state index contributed by atoms with van der Waals surface area (Å²) in [6.45, 7) is 0. The highest BCUT2D eigenvalue weighted by molar-refractivity contribution is 9.10. The van der Waals surface area contributed by atoms with Gasteiger partial charge in [0, 0.05) is 28.0 Å². The zero-order valence-electron chi connectivity index (χ0n) is 10.6. The molecule has 100 valence electrons. The van der Waals surface area contributed by atoms with Crippen LogP contribution in [0.1, 0.15) is 11.1 Å². The SMILES string of the molecule is COc1cc(Br)ccc1/C(Cl)=C(/C#N)c1cccnc1. The van der Waals surface area contributed by atoms with Crippen LogP contribution in [0.25, 0.3) is 10.6 Å². The van der Waals surface area contributed by atoms with Crippen molar-refractivity contribution in [3.8, 4) is 11.8 Å². The molecule has 0 bridgehead atoms. The van der Waals surface area contributed by atoms with E-state index in [1.54, 1.807) is 43.8 Å². The maximum absolute atomic E-state index is 9.36. The highest BCUT2D eigenvalue weighted by Gasteiger charge is 2.14. The molecule has 0 aliphatic heterocycles. The lowest BCUT2D eigenvalue weighted by atomic mass is 10.0. The van der Waals surface area contributed by atoms with Crippen LogP contribution in [0, 0.1) is 11.3 Å². The van der Waals surface area contributed by atoms with Gasteiger partial charge < -0.3 is 4.74 Å². The minimum Gasteiger partial charge on any atom is -0.496 e. The molecule has 3 nitrogen and oxygen atoms in total. The Morgan fingerprint density at radius 2 is 2.20 bits per heavy atom. The van der Waals surface area contributed by atoms with Crippen LogP contribution in [-0.2, 0) is 0 Å². The van der Waals surface area contributed by atoms with Crippen LogP contribution in [0.3, 0.4) is 0 Å². The molecule has 1 aromatic carbocycles. The van der Waals surface area contributed by atoms with E-state index in [2.05, 4.69) is 27.0 Å². The highest BCUT2D eigenvalue weighted by atomic mass is 79.9. The first-order valence-corrected chi connectivity index (χ1v) is 6.88. The molecule has 0 saturated carbocycles. The number of pyridine rings is 1. The van der Waals surface area contributed by atoms with Gasteiger partial charge in [0.2, 0.25) is 0 Å². The van der Waals surface area contributed by atoms with Crippen molar-refractivity contribution in [1.82, 2.24) is 4.98 Å². The van der Waals surface area contributed by atoms with Gasteiger partial charge in [-0.15, -0.1) is 0 Å². The molecule has 20 heavy (non-hydrogen) atoms. The molecule has 0 aliphatic rings. The Balaban J connectivity index is 2.61. The molecule has 0 saturated heterocycles. The molecule has 0 spiro atoms. The van der Waals surface area contributed by atoms with Crippen LogP contribution in [0.2, 0.25) is 0 Å². The van der Waals surface area contributed by atoms with E-state index in [4.69, 9.17) is 16.3 Å². The second-order valence-corrected chi connectivity index (χ2v) is 5.18. The van der Waals surface area contributed by atoms with E-state index < -0.39 is 0 Å². The van der Waals surface area contributed by atoms with Gasteiger partial charge in [-0.1, -0.05) is 33.6 Å². The van der Waals surface area contributed by atoms with Crippen LogP contribution in [0.4, 0.5) is 0 Å². The first-order valence-electron chi connectivity index (χ1n) is 5.71. The van der Waals surface area contributed by atoms with Gasteiger partial charge >= 0.3 is 0 Å². The third-order valence-electron chi connectivity index (χ3n) is 2.68. The summed E-state index contributed by atoms with van der Waals surface area (Å²) in [4.78, 5) is 4.00. The number of methoxy groups -OCH3 is 1. The van der Waals surface area contributed by atoms with Gasteiger partial charge in [0.1, 0.15) is 11.8 Å². The molecule has 0 unspecified atom stereocenters. The highest BCUT2D eigenvalue weighted by Crippen LogP contribution is 2.36. The largest absolute Gasteiger partial charge is 0.496 e.